The SMILES string of the molecule is O=C(C[C@@H]1CN(Cc2ccccc2)CCO1)NCCN1CCOCC1. The summed E-state index contributed by atoms with van der Waals surface area (Å²) in [5.74, 6) is 0.0832. The molecule has 6 nitrogen and oxygen atoms in total. The Balaban J connectivity index is 1.34. The van der Waals surface area contributed by atoms with Gasteiger partial charge in [0.1, 0.15) is 0 Å². The maximum absolute atomic E-state index is 12.2. The van der Waals surface area contributed by atoms with E-state index in [1.165, 1.54) is 5.56 Å². The van der Waals surface area contributed by atoms with E-state index in [2.05, 4.69) is 39.4 Å². The topological polar surface area (TPSA) is 54.0 Å². The van der Waals surface area contributed by atoms with E-state index in [4.69, 9.17) is 9.47 Å². The van der Waals surface area contributed by atoms with Crippen LogP contribution in [-0.2, 0) is 20.8 Å². The van der Waals surface area contributed by atoms with Gasteiger partial charge in [-0.1, -0.05) is 30.3 Å². The molecule has 3 rings (SSSR count). The van der Waals surface area contributed by atoms with Crippen LogP contribution in [0.1, 0.15) is 12.0 Å². The monoisotopic (exact) mass is 347 g/mol. The van der Waals surface area contributed by atoms with Crippen LogP contribution >= 0.6 is 0 Å². The van der Waals surface area contributed by atoms with Crippen LogP contribution in [0.2, 0.25) is 0 Å². The average Bonchev–Trinajstić information content (AvgIpc) is 2.64. The summed E-state index contributed by atoms with van der Waals surface area (Å²) in [4.78, 5) is 16.9. The van der Waals surface area contributed by atoms with Gasteiger partial charge in [-0.25, -0.2) is 0 Å². The molecule has 0 spiro atoms. The molecule has 2 fully saturated rings. The standard InChI is InChI=1S/C19H29N3O3/c23-19(20-6-7-21-8-11-24-12-9-21)14-18-16-22(10-13-25-18)15-17-4-2-1-3-5-17/h1-5,18H,6-16H2,(H,20,23)/t18-/m1/s1. The normalized spacial score (nSPS) is 22.6. The first-order chi connectivity index (χ1) is 12.3. The van der Waals surface area contributed by atoms with E-state index in [0.29, 0.717) is 19.6 Å². The molecule has 2 heterocycles. The highest BCUT2D eigenvalue weighted by atomic mass is 16.5. The minimum atomic E-state index is -0.0131. The minimum absolute atomic E-state index is 0.0131. The number of rotatable bonds is 7. The molecule has 1 aromatic carbocycles. The molecule has 0 unspecified atom stereocenters. The van der Waals surface area contributed by atoms with Gasteiger partial charge in [0.2, 0.25) is 5.91 Å². The highest BCUT2D eigenvalue weighted by Gasteiger charge is 2.23. The second kappa shape index (κ2) is 9.87. The molecular weight excluding hydrogens is 318 g/mol. The minimum Gasteiger partial charge on any atom is -0.379 e. The molecule has 6 heteroatoms. The van der Waals surface area contributed by atoms with Crippen LogP contribution in [0.4, 0.5) is 0 Å². The van der Waals surface area contributed by atoms with Crippen molar-refractivity contribution in [1.29, 1.82) is 0 Å². The van der Waals surface area contributed by atoms with Crippen LogP contribution in [0.5, 0.6) is 0 Å². The molecule has 0 saturated carbocycles. The van der Waals surface area contributed by atoms with Gasteiger partial charge in [0.25, 0.3) is 0 Å². The van der Waals surface area contributed by atoms with Gasteiger partial charge in [0, 0.05) is 45.8 Å². The molecular formula is C19H29N3O3. The summed E-state index contributed by atoms with van der Waals surface area (Å²) in [5, 5.41) is 3.02. The summed E-state index contributed by atoms with van der Waals surface area (Å²) in [6, 6.07) is 10.4. The first kappa shape index (κ1) is 18.3. The Bertz CT molecular complexity index is 520. The summed E-state index contributed by atoms with van der Waals surface area (Å²) in [6.45, 7) is 8.42. The van der Waals surface area contributed by atoms with Gasteiger partial charge in [-0.3, -0.25) is 14.6 Å². The Morgan fingerprint density at radius 2 is 1.84 bits per heavy atom. The number of nitrogens with one attached hydrogen (secondary N) is 1. The van der Waals surface area contributed by atoms with Crippen molar-refractivity contribution in [2.45, 2.75) is 19.1 Å². The highest BCUT2D eigenvalue weighted by Crippen LogP contribution is 2.12. The van der Waals surface area contributed by atoms with Crippen LogP contribution in [0.3, 0.4) is 0 Å². The number of benzene rings is 1. The van der Waals surface area contributed by atoms with Crippen molar-refractivity contribution >= 4 is 5.91 Å². The fourth-order valence-electron chi connectivity index (χ4n) is 3.35. The number of hydrogen-bond acceptors (Lipinski definition) is 5. The number of morpholine rings is 2. The fourth-order valence-corrected chi connectivity index (χ4v) is 3.35. The lowest BCUT2D eigenvalue weighted by Crippen LogP contribution is -2.45. The van der Waals surface area contributed by atoms with Crippen LogP contribution in [0, 0.1) is 0 Å². The Morgan fingerprint density at radius 1 is 1.08 bits per heavy atom. The quantitative estimate of drug-likeness (QED) is 0.788. The molecule has 1 aromatic rings. The zero-order valence-electron chi connectivity index (χ0n) is 14.9. The van der Waals surface area contributed by atoms with Crippen molar-refractivity contribution in [2.75, 3.05) is 59.1 Å². The lowest BCUT2D eigenvalue weighted by molar-refractivity contribution is -0.126. The first-order valence-corrected chi connectivity index (χ1v) is 9.24. The van der Waals surface area contributed by atoms with E-state index in [1.807, 2.05) is 6.07 Å². The van der Waals surface area contributed by atoms with Gasteiger partial charge in [-0.2, -0.15) is 0 Å². The van der Waals surface area contributed by atoms with Crippen LogP contribution in [-0.4, -0.2) is 80.9 Å². The lowest BCUT2D eigenvalue weighted by atomic mass is 10.1. The third kappa shape index (κ3) is 6.40. The molecule has 2 saturated heterocycles. The van der Waals surface area contributed by atoms with Gasteiger partial charge >= 0.3 is 0 Å². The zero-order chi connectivity index (χ0) is 17.3. The van der Waals surface area contributed by atoms with Gasteiger partial charge in [-0.05, 0) is 5.56 Å². The molecule has 2 aliphatic heterocycles. The van der Waals surface area contributed by atoms with Crippen LogP contribution < -0.4 is 5.32 Å². The Hall–Kier alpha value is -1.47. The number of carbonyl (C=O) groups is 1. The summed E-state index contributed by atoms with van der Waals surface area (Å²) < 4.78 is 11.1. The van der Waals surface area contributed by atoms with Crippen molar-refractivity contribution in [2.24, 2.45) is 0 Å². The molecule has 0 aromatic heterocycles. The van der Waals surface area contributed by atoms with E-state index in [0.717, 1.165) is 52.5 Å². The van der Waals surface area contributed by atoms with E-state index >= 15 is 0 Å². The van der Waals surface area contributed by atoms with Crippen molar-refractivity contribution in [3.8, 4) is 0 Å². The number of carbonyl (C=O) groups excluding carboxylic acids is 1. The Kier molecular flexibility index (Phi) is 7.23. The Morgan fingerprint density at radius 3 is 2.64 bits per heavy atom. The molecule has 0 radical (unpaired) electrons. The van der Waals surface area contributed by atoms with Crippen LogP contribution in [0.25, 0.3) is 0 Å². The maximum atomic E-state index is 12.2. The van der Waals surface area contributed by atoms with Crippen molar-refractivity contribution in [3.63, 3.8) is 0 Å². The summed E-state index contributed by atoms with van der Waals surface area (Å²) >= 11 is 0. The zero-order valence-corrected chi connectivity index (χ0v) is 14.9. The van der Waals surface area contributed by atoms with E-state index in [1.54, 1.807) is 0 Å². The molecule has 138 valence electrons. The highest BCUT2D eigenvalue weighted by molar-refractivity contribution is 5.76. The predicted molar refractivity (Wildman–Crippen MR) is 96.3 cm³/mol. The second-order valence-electron chi connectivity index (χ2n) is 6.72. The third-order valence-corrected chi connectivity index (χ3v) is 4.74. The summed E-state index contributed by atoms with van der Waals surface area (Å²) in [5.41, 5.74) is 1.30. The number of amides is 1. The number of nitrogens with zero attached hydrogens (tertiary/aromatic N) is 2. The fraction of sp³-hybridized carbons (Fsp3) is 0.632. The summed E-state index contributed by atoms with van der Waals surface area (Å²) in [7, 11) is 0. The largest absolute Gasteiger partial charge is 0.379 e. The maximum Gasteiger partial charge on any atom is 0.222 e. The van der Waals surface area contributed by atoms with Crippen molar-refractivity contribution in [3.05, 3.63) is 35.9 Å². The smallest absolute Gasteiger partial charge is 0.222 e. The van der Waals surface area contributed by atoms with Crippen molar-refractivity contribution < 1.29 is 14.3 Å². The molecule has 25 heavy (non-hydrogen) atoms. The first-order valence-electron chi connectivity index (χ1n) is 9.24. The lowest BCUT2D eigenvalue weighted by Gasteiger charge is -2.32. The molecule has 1 amide bonds. The molecule has 0 bridgehead atoms. The second-order valence-corrected chi connectivity index (χ2v) is 6.72. The van der Waals surface area contributed by atoms with E-state index in [-0.39, 0.29) is 12.0 Å². The van der Waals surface area contributed by atoms with Crippen molar-refractivity contribution in [1.82, 2.24) is 15.1 Å². The number of ether oxygens (including phenoxy) is 2. The predicted octanol–water partition coefficient (Wildman–Crippen LogP) is 0.726. The molecule has 1 N–H and O–H groups in total. The Labute approximate surface area is 150 Å². The van der Waals surface area contributed by atoms with Gasteiger partial charge in [-0.15, -0.1) is 0 Å². The molecule has 2 aliphatic rings. The number of hydrogen-bond donors (Lipinski definition) is 1. The van der Waals surface area contributed by atoms with Crippen LogP contribution in [0.15, 0.2) is 30.3 Å². The molecule has 1 atom stereocenters. The van der Waals surface area contributed by atoms with Gasteiger partial charge in [0.15, 0.2) is 0 Å². The average molecular weight is 347 g/mol. The van der Waals surface area contributed by atoms with Gasteiger partial charge in [0.05, 0.1) is 32.3 Å². The van der Waals surface area contributed by atoms with Gasteiger partial charge < -0.3 is 14.8 Å². The molecule has 0 aliphatic carbocycles. The summed E-state index contributed by atoms with van der Waals surface area (Å²) in [6.07, 6.45) is 0.426. The van der Waals surface area contributed by atoms with E-state index < -0.39 is 0 Å². The van der Waals surface area contributed by atoms with E-state index in [9.17, 15) is 4.79 Å². The third-order valence-electron chi connectivity index (χ3n) is 4.74.